The highest BCUT2D eigenvalue weighted by Crippen LogP contribution is 2.27. The predicted molar refractivity (Wildman–Crippen MR) is 84.5 cm³/mol. The number of hydrogen-bond acceptors (Lipinski definition) is 4. The Hall–Kier alpha value is -0.490. The fourth-order valence-electron chi connectivity index (χ4n) is 3.57. The molecule has 0 bridgehead atoms. The van der Waals surface area contributed by atoms with E-state index in [0.29, 0.717) is 12.6 Å². The molecule has 2 atom stereocenters. The quantitative estimate of drug-likeness (QED) is 0.915. The standard InChI is InChI=1S/C15H23BrN4/c16-13-7-12(9-18-10-13)15(8-17)20-6-5-19-4-2-1-3-14(19)11-20/h7,9-10,14-15H,1-6,8,11,17H2. The van der Waals surface area contributed by atoms with E-state index in [1.54, 1.807) is 0 Å². The van der Waals surface area contributed by atoms with Crippen molar-refractivity contribution in [3.63, 3.8) is 0 Å². The Bertz CT molecular complexity index is 453. The molecule has 2 N–H and O–H groups in total. The third kappa shape index (κ3) is 3.06. The van der Waals surface area contributed by atoms with Crippen LogP contribution in [0.25, 0.3) is 0 Å². The van der Waals surface area contributed by atoms with E-state index in [1.807, 2.05) is 12.4 Å². The van der Waals surface area contributed by atoms with Crippen LogP contribution in [0, 0.1) is 0 Å². The van der Waals surface area contributed by atoms with Crippen LogP contribution >= 0.6 is 15.9 Å². The molecule has 0 radical (unpaired) electrons. The second-order valence-corrected chi connectivity index (χ2v) is 6.78. The molecule has 0 amide bonds. The van der Waals surface area contributed by atoms with Crippen LogP contribution < -0.4 is 5.73 Å². The van der Waals surface area contributed by atoms with Crippen molar-refractivity contribution in [3.8, 4) is 0 Å². The largest absolute Gasteiger partial charge is 0.329 e. The number of nitrogens with two attached hydrogens (primary N) is 1. The summed E-state index contributed by atoms with van der Waals surface area (Å²) in [5.41, 5.74) is 7.28. The SMILES string of the molecule is NCC(c1cncc(Br)c1)N1CCN2CCCCC2C1. The van der Waals surface area contributed by atoms with Gasteiger partial charge in [-0.05, 0) is 46.9 Å². The molecule has 3 heterocycles. The van der Waals surface area contributed by atoms with Crippen molar-refractivity contribution in [3.05, 3.63) is 28.5 Å². The van der Waals surface area contributed by atoms with Gasteiger partial charge in [0.15, 0.2) is 0 Å². The molecule has 0 aliphatic carbocycles. The Labute approximate surface area is 129 Å². The first-order valence-corrected chi connectivity index (χ1v) is 8.36. The van der Waals surface area contributed by atoms with Crippen LogP contribution in [0.3, 0.4) is 0 Å². The van der Waals surface area contributed by atoms with Crippen LogP contribution in [0.2, 0.25) is 0 Å². The molecular formula is C15H23BrN4. The zero-order valence-electron chi connectivity index (χ0n) is 11.8. The highest BCUT2D eigenvalue weighted by Gasteiger charge is 2.32. The minimum Gasteiger partial charge on any atom is -0.329 e. The van der Waals surface area contributed by atoms with Crippen LogP contribution in [0.1, 0.15) is 30.9 Å². The Morgan fingerprint density at radius 3 is 3.00 bits per heavy atom. The number of piperazine rings is 1. The van der Waals surface area contributed by atoms with Gasteiger partial charge in [0.2, 0.25) is 0 Å². The van der Waals surface area contributed by atoms with Gasteiger partial charge in [-0.15, -0.1) is 0 Å². The first kappa shape index (κ1) is 14.4. The monoisotopic (exact) mass is 338 g/mol. The van der Waals surface area contributed by atoms with Crippen molar-refractivity contribution < 1.29 is 0 Å². The molecule has 2 fully saturated rings. The number of piperidine rings is 1. The molecule has 4 nitrogen and oxygen atoms in total. The molecule has 2 unspecified atom stereocenters. The lowest BCUT2D eigenvalue weighted by molar-refractivity contribution is 0.0285. The summed E-state index contributed by atoms with van der Waals surface area (Å²) in [4.78, 5) is 9.50. The van der Waals surface area contributed by atoms with Crippen molar-refractivity contribution in [2.75, 3.05) is 32.7 Å². The van der Waals surface area contributed by atoms with Gasteiger partial charge in [0.25, 0.3) is 0 Å². The highest BCUT2D eigenvalue weighted by atomic mass is 79.9. The molecule has 0 saturated carbocycles. The van der Waals surface area contributed by atoms with Gasteiger partial charge in [-0.2, -0.15) is 0 Å². The van der Waals surface area contributed by atoms with E-state index in [0.717, 1.165) is 23.6 Å². The molecule has 1 aromatic heterocycles. The summed E-state index contributed by atoms with van der Waals surface area (Å²) in [5, 5.41) is 0. The fourth-order valence-corrected chi connectivity index (χ4v) is 3.95. The summed E-state index contributed by atoms with van der Waals surface area (Å²) in [7, 11) is 0. The maximum Gasteiger partial charge on any atom is 0.0487 e. The zero-order chi connectivity index (χ0) is 13.9. The molecule has 2 aliphatic heterocycles. The third-order valence-corrected chi connectivity index (χ3v) is 5.08. The van der Waals surface area contributed by atoms with E-state index >= 15 is 0 Å². The smallest absolute Gasteiger partial charge is 0.0487 e. The molecule has 3 rings (SSSR count). The summed E-state index contributed by atoms with van der Waals surface area (Å²) in [6, 6.07) is 3.17. The van der Waals surface area contributed by atoms with Gasteiger partial charge in [0.05, 0.1) is 0 Å². The van der Waals surface area contributed by atoms with Gasteiger partial charge >= 0.3 is 0 Å². The number of rotatable bonds is 3. The summed E-state index contributed by atoms with van der Waals surface area (Å²) < 4.78 is 1.03. The van der Waals surface area contributed by atoms with Gasteiger partial charge in [-0.3, -0.25) is 14.8 Å². The van der Waals surface area contributed by atoms with Crippen molar-refractivity contribution in [2.24, 2.45) is 5.73 Å². The van der Waals surface area contributed by atoms with Crippen LogP contribution in [0.5, 0.6) is 0 Å². The molecule has 0 aromatic carbocycles. The summed E-state index contributed by atoms with van der Waals surface area (Å²) >= 11 is 3.51. The number of halogens is 1. The molecule has 5 heteroatoms. The van der Waals surface area contributed by atoms with Crippen molar-refractivity contribution in [1.82, 2.24) is 14.8 Å². The topological polar surface area (TPSA) is 45.4 Å². The average molecular weight is 339 g/mol. The second-order valence-electron chi connectivity index (χ2n) is 5.87. The van der Waals surface area contributed by atoms with E-state index in [1.165, 1.54) is 37.9 Å². The summed E-state index contributed by atoms with van der Waals surface area (Å²) in [6.07, 6.45) is 7.86. The number of nitrogens with zero attached hydrogens (tertiary/aromatic N) is 3. The van der Waals surface area contributed by atoms with E-state index in [4.69, 9.17) is 5.73 Å². The highest BCUT2D eigenvalue weighted by molar-refractivity contribution is 9.10. The molecule has 110 valence electrons. The summed E-state index contributed by atoms with van der Waals surface area (Å²) in [6.45, 7) is 5.39. The van der Waals surface area contributed by atoms with Crippen LogP contribution in [0.4, 0.5) is 0 Å². The van der Waals surface area contributed by atoms with E-state index < -0.39 is 0 Å². The van der Waals surface area contributed by atoms with E-state index in [9.17, 15) is 0 Å². The predicted octanol–water partition coefficient (Wildman–Crippen LogP) is 2.01. The zero-order valence-corrected chi connectivity index (χ0v) is 13.4. The van der Waals surface area contributed by atoms with Gasteiger partial charge in [-0.25, -0.2) is 0 Å². The normalized spacial score (nSPS) is 26.2. The third-order valence-electron chi connectivity index (χ3n) is 4.64. The van der Waals surface area contributed by atoms with Crippen molar-refractivity contribution in [2.45, 2.75) is 31.3 Å². The average Bonchev–Trinajstić information content (AvgIpc) is 2.48. The molecule has 2 saturated heterocycles. The molecule has 1 aromatic rings. The maximum atomic E-state index is 6.06. The molecule has 0 spiro atoms. The second kappa shape index (κ2) is 6.52. The van der Waals surface area contributed by atoms with Crippen molar-refractivity contribution in [1.29, 1.82) is 0 Å². The number of pyridine rings is 1. The van der Waals surface area contributed by atoms with Gasteiger partial charge in [0, 0.05) is 55.1 Å². The number of aromatic nitrogens is 1. The lowest BCUT2D eigenvalue weighted by atomic mass is 9.97. The van der Waals surface area contributed by atoms with Gasteiger partial charge < -0.3 is 5.73 Å². The van der Waals surface area contributed by atoms with Crippen LogP contribution in [-0.2, 0) is 0 Å². The van der Waals surface area contributed by atoms with E-state index in [2.05, 4.69) is 36.8 Å². The first-order chi connectivity index (χ1) is 9.78. The van der Waals surface area contributed by atoms with Crippen molar-refractivity contribution >= 4 is 15.9 Å². The van der Waals surface area contributed by atoms with Gasteiger partial charge in [0.1, 0.15) is 0 Å². The number of hydrogen-bond donors (Lipinski definition) is 1. The summed E-state index contributed by atoms with van der Waals surface area (Å²) in [5.74, 6) is 0. The Balaban J connectivity index is 1.73. The minimum atomic E-state index is 0.295. The fraction of sp³-hybridized carbons (Fsp3) is 0.667. The molecular weight excluding hydrogens is 316 g/mol. The molecule has 2 aliphatic rings. The van der Waals surface area contributed by atoms with Crippen LogP contribution in [-0.4, -0.2) is 53.5 Å². The Kier molecular flexibility index (Phi) is 4.71. The lowest BCUT2D eigenvalue weighted by Crippen LogP contribution is -2.56. The maximum absolute atomic E-state index is 6.06. The Morgan fingerprint density at radius 2 is 2.20 bits per heavy atom. The lowest BCUT2D eigenvalue weighted by Gasteiger charge is -2.46. The Morgan fingerprint density at radius 1 is 1.30 bits per heavy atom. The first-order valence-electron chi connectivity index (χ1n) is 7.56. The van der Waals surface area contributed by atoms with Gasteiger partial charge in [-0.1, -0.05) is 6.42 Å². The minimum absolute atomic E-state index is 0.295. The molecule has 20 heavy (non-hydrogen) atoms. The van der Waals surface area contributed by atoms with Crippen LogP contribution in [0.15, 0.2) is 22.9 Å². The van der Waals surface area contributed by atoms with E-state index in [-0.39, 0.29) is 0 Å². The number of fused-ring (bicyclic) bond motifs is 1.